The Bertz CT molecular complexity index is 1340. The summed E-state index contributed by atoms with van der Waals surface area (Å²) in [6.07, 6.45) is 6.02. The summed E-state index contributed by atoms with van der Waals surface area (Å²) >= 11 is 6.38. The summed E-state index contributed by atoms with van der Waals surface area (Å²) in [4.78, 5) is 25.3. The highest BCUT2D eigenvalue weighted by atomic mass is 35.5. The third-order valence-electron chi connectivity index (χ3n) is 5.56. The minimum Gasteiger partial charge on any atom is -0.443 e. The maximum Gasteiger partial charge on any atom is 0.433 e. The first-order valence-corrected chi connectivity index (χ1v) is 11.4. The Morgan fingerprint density at radius 2 is 2.03 bits per heavy atom. The van der Waals surface area contributed by atoms with Gasteiger partial charge in [-0.15, -0.1) is 10.2 Å². The molecule has 0 radical (unpaired) electrons. The van der Waals surface area contributed by atoms with Crippen LogP contribution in [-0.4, -0.2) is 42.4 Å². The first-order chi connectivity index (χ1) is 16.7. The first-order valence-electron chi connectivity index (χ1n) is 11.0. The predicted molar refractivity (Wildman–Crippen MR) is 129 cm³/mol. The number of amides is 1. The van der Waals surface area contributed by atoms with Crippen molar-refractivity contribution in [1.82, 2.24) is 24.6 Å². The largest absolute Gasteiger partial charge is 0.443 e. The lowest BCUT2D eigenvalue weighted by Gasteiger charge is -2.24. The number of aromatic nitrogens is 5. The molecule has 5 rings (SSSR count). The molecular weight excluding hydrogens is 454 g/mol. The van der Waals surface area contributed by atoms with Crippen molar-refractivity contribution in [2.45, 2.75) is 38.3 Å². The van der Waals surface area contributed by atoms with Crippen LogP contribution in [0.4, 0.5) is 10.7 Å². The molecule has 0 unspecified atom stereocenters. The molecular formula is C24H22ClN7O2. The van der Waals surface area contributed by atoms with E-state index >= 15 is 0 Å². The van der Waals surface area contributed by atoms with Crippen molar-refractivity contribution in [3.63, 3.8) is 0 Å². The molecule has 1 aliphatic rings. The number of nitrogens with zero attached hydrogens (tertiary/aromatic N) is 6. The number of pyridine rings is 1. The summed E-state index contributed by atoms with van der Waals surface area (Å²) in [5, 5.41) is 12.1. The van der Waals surface area contributed by atoms with E-state index in [1.165, 1.54) is 0 Å². The van der Waals surface area contributed by atoms with Gasteiger partial charge in [0.1, 0.15) is 12.3 Å². The van der Waals surface area contributed by atoms with E-state index in [-0.39, 0.29) is 12.6 Å². The van der Waals surface area contributed by atoms with Crippen LogP contribution in [0.15, 0.2) is 65.9 Å². The molecule has 9 nitrogen and oxygen atoms in total. The summed E-state index contributed by atoms with van der Waals surface area (Å²) in [7, 11) is 0. The molecule has 1 aromatic carbocycles. The first kappa shape index (κ1) is 22.0. The minimum absolute atomic E-state index is 0.0404. The molecule has 34 heavy (non-hydrogen) atoms. The van der Waals surface area contributed by atoms with Gasteiger partial charge in [-0.25, -0.2) is 14.8 Å². The van der Waals surface area contributed by atoms with Crippen LogP contribution < -0.4 is 5.32 Å². The molecule has 3 heterocycles. The molecule has 4 aromatic rings. The fraction of sp³-hybridized carbons (Fsp3) is 0.250. The van der Waals surface area contributed by atoms with Crippen molar-refractivity contribution in [1.29, 1.82) is 0 Å². The number of fused-ring (bicyclic) bond motifs is 1. The van der Waals surface area contributed by atoms with Gasteiger partial charge in [-0.2, -0.15) is 4.99 Å². The monoisotopic (exact) mass is 475 g/mol. The Kier molecular flexibility index (Phi) is 6.44. The summed E-state index contributed by atoms with van der Waals surface area (Å²) < 4.78 is 7.11. The second-order valence-electron chi connectivity index (χ2n) is 8.00. The number of benzene rings is 1. The average Bonchev–Trinajstić information content (AvgIpc) is 3.29. The maximum absolute atomic E-state index is 12.2. The fourth-order valence-electron chi connectivity index (χ4n) is 3.93. The third-order valence-corrected chi connectivity index (χ3v) is 5.83. The van der Waals surface area contributed by atoms with Gasteiger partial charge in [-0.1, -0.05) is 48.0 Å². The van der Waals surface area contributed by atoms with Gasteiger partial charge < -0.3 is 10.1 Å². The van der Waals surface area contributed by atoms with Crippen molar-refractivity contribution in [3.8, 4) is 11.5 Å². The molecule has 172 valence electrons. The Balaban J connectivity index is 1.26. The second kappa shape index (κ2) is 9.96. The molecule has 1 N–H and O–H groups in total. The maximum atomic E-state index is 12.2. The van der Waals surface area contributed by atoms with Crippen molar-refractivity contribution < 1.29 is 9.53 Å². The lowest BCUT2D eigenvalue weighted by Crippen LogP contribution is -2.29. The van der Waals surface area contributed by atoms with Gasteiger partial charge in [0.25, 0.3) is 0 Å². The quantitative estimate of drug-likeness (QED) is 0.434. The molecule has 3 aromatic heterocycles. The van der Waals surface area contributed by atoms with Gasteiger partial charge >= 0.3 is 6.09 Å². The van der Waals surface area contributed by atoms with Crippen molar-refractivity contribution in [2.24, 2.45) is 4.99 Å². The topological polar surface area (TPSA) is 107 Å². The number of anilines is 1. The van der Waals surface area contributed by atoms with Crippen LogP contribution in [0.5, 0.6) is 0 Å². The van der Waals surface area contributed by atoms with Crippen LogP contribution in [0.2, 0.25) is 5.02 Å². The molecule has 1 amide bonds. The van der Waals surface area contributed by atoms with E-state index in [1.807, 2.05) is 59.1 Å². The number of ether oxygens (including phenoxy) is 1. The summed E-state index contributed by atoms with van der Waals surface area (Å²) in [5.74, 6) is 0.975. The minimum atomic E-state index is -0.566. The molecule has 0 spiro atoms. The number of aliphatic imine (C=N–C) groups is 1. The molecule has 0 saturated heterocycles. The Morgan fingerprint density at radius 3 is 2.91 bits per heavy atom. The van der Waals surface area contributed by atoms with Gasteiger partial charge in [0.15, 0.2) is 11.5 Å². The number of hydrogen-bond acceptors (Lipinski definition) is 7. The van der Waals surface area contributed by atoms with Gasteiger partial charge in [-0.05, 0) is 37.0 Å². The number of halogens is 1. The Hall–Kier alpha value is -3.85. The van der Waals surface area contributed by atoms with Gasteiger partial charge in [-0.3, -0.25) is 4.40 Å². The van der Waals surface area contributed by atoms with Crippen LogP contribution in [0, 0.1) is 0 Å². The van der Waals surface area contributed by atoms with E-state index in [0.29, 0.717) is 34.6 Å². The summed E-state index contributed by atoms with van der Waals surface area (Å²) in [5.41, 5.74) is 2.93. The molecule has 0 aliphatic heterocycles. The predicted octanol–water partition coefficient (Wildman–Crippen LogP) is 4.97. The van der Waals surface area contributed by atoms with Gasteiger partial charge in [0.05, 0.1) is 11.2 Å². The number of carbonyl (C=O) groups excluding carboxylic acids is 1. The van der Waals surface area contributed by atoms with E-state index in [4.69, 9.17) is 16.3 Å². The van der Waals surface area contributed by atoms with E-state index in [9.17, 15) is 4.79 Å². The summed E-state index contributed by atoms with van der Waals surface area (Å²) in [6, 6.07) is 15.2. The smallest absolute Gasteiger partial charge is 0.433 e. The van der Waals surface area contributed by atoms with Crippen LogP contribution in [0.1, 0.15) is 31.2 Å². The van der Waals surface area contributed by atoms with Crippen LogP contribution in [0.25, 0.3) is 17.2 Å². The lowest BCUT2D eigenvalue weighted by atomic mass is 9.93. The van der Waals surface area contributed by atoms with Gasteiger partial charge in [0.2, 0.25) is 5.95 Å². The third kappa shape index (κ3) is 5.04. The highest BCUT2D eigenvalue weighted by Gasteiger charge is 2.21. The zero-order chi connectivity index (χ0) is 23.3. The van der Waals surface area contributed by atoms with Crippen LogP contribution in [-0.2, 0) is 11.3 Å². The van der Waals surface area contributed by atoms with Crippen molar-refractivity contribution in [3.05, 3.63) is 71.5 Å². The zero-order valence-electron chi connectivity index (χ0n) is 18.3. The SMILES string of the molecule is O=C(N=C1CCC[C@@H](Nc2ncc(Cl)c(-c3nnc4ccccn34)n2)C1)OCc1ccccc1. The molecule has 1 aliphatic carbocycles. The number of rotatable bonds is 5. The van der Waals surface area contributed by atoms with Crippen molar-refractivity contribution >= 4 is 35.0 Å². The van der Waals surface area contributed by atoms with Gasteiger partial charge in [0, 0.05) is 24.4 Å². The van der Waals surface area contributed by atoms with E-state index in [2.05, 4.69) is 30.5 Å². The summed E-state index contributed by atoms with van der Waals surface area (Å²) in [6.45, 7) is 0.205. The average molecular weight is 476 g/mol. The number of nitrogens with one attached hydrogen (secondary N) is 1. The Labute approximate surface area is 200 Å². The normalized spacial score (nSPS) is 17.1. The molecule has 1 fully saturated rings. The van der Waals surface area contributed by atoms with Crippen molar-refractivity contribution in [2.75, 3.05) is 5.32 Å². The second-order valence-corrected chi connectivity index (χ2v) is 8.41. The lowest BCUT2D eigenvalue weighted by molar-refractivity contribution is 0.150. The molecule has 1 atom stereocenters. The van der Waals surface area contributed by atoms with E-state index < -0.39 is 6.09 Å². The van der Waals surface area contributed by atoms with Crippen LogP contribution in [0.3, 0.4) is 0 Å². The van der Waals surface area contributed by atoms with E-state index in [1.54, 1.807) is 6.20 Å². The number of carbonyl (C=O) groups is 1. The van der Waals surface area contributed by atoms with E-state index in [0.717, 1.165) is 30.5 Å². The molecule has 10 heteroatoms. The Morgan fingerprint density at radius 1 is 1.18 bits per heavy atom. The number of hydrogen-bond donors (Lipinski definition) is 1. The highest BCUT2D eigenvalue weighted by Crippen LogP contribution is 2.26. The van der Waals surface area contributed by atoms with Crippen LogP contribution >= 0.6 is 11.6 Å². The standard InChI is InChI=1S/C24H22ClN7O2/c25-19-14-26-23(29-21(19)22-31-30-20-11-4-5-12-32(20)22)27-17-9-6-10-18(13-17)28-24(33)34-15-16-7-2-1-3-8-16/h1-5,7-8,11-12,14,17H,6,9-10,13,15H2,(H,26,27,29)/t17-/m1/s1. The molecule has 1 saturated carbocycles. The molecule has 0 bridgehead atoms. The fourth-order valence-corrected chi connectivity index (χ4v) is 4.10. The highest BCUT2D eigenvalue weighted by molar-refractivity contribution is 6.32. The zero-order valence-corrected chi connectivity index (χ0v) is 19.0.